The van der Waals surface area contributed by atoms with Gasteiger partial charge in [-0.25, -0.2) is 14.2 Å². The number of carbonyl (C=O) groups is 1. The first-order chi connectivity index (χ1) is 18.9. The molecule has 0 amide bonds. The Morgan fingerprint density at radius 1 is 0.974 bits per heavy atom. The van der Waals surface area contributed by atoms with Crippen LogP contribution in [0.3, 0.4) is 0 Å². The monoisotopic (exact) mass is 546 g/mol. The number of Topliss-reactive ketones (excluding diaryl/α,β-unsaturated/α-hetero) is 1. The zero-order valence-corrected chi connectivity index (χ0v) is 24.4. The lowest BCUT2D eigenvalue weighted by atomic mass is 9.78. The Bertz CT molecular complexity index is 1340. The molecule has 1 N–H and O–H groups in total. The summed E-state index contributed by atoms with van der Waals surface area (Å²) in [5, 5.41) is 6.89. The van der Waals surface area contributed by atoms with Gasteiger partial charge in [0.05, 0.1) is 43.4 Å². The smallest absolute Gasteiger partial charge is 0.184 e. The third-order valence-electron chi connectivity index (χ3n) is 8.42. The highest BCUT2D eigenvalue weighted by Gasteiger charge is 2.53. The summed E-state index contributed by atoms with van der Waals surface area (Å²) in [5.74, 6) is 0.0739. The Labute approximate surface area is 232 Å². The van der Waals surface area contributed by atoms with E-state index in [2.05, 4.69) is 53.6 Å². The third-order valence-corrected chi connectivity index (χ3v) is 12.1. The Morgan fingerprint density at radius 2 is 1.67 bits per heavy atom. The minimum absolute atomic E-state index is 0.0739. The van der Waals surface area contributed by atoms with Gasteiger partial charge in [0, 0.05) is 25.1 Å². The molecule has 0 spiro atoms. The molecule has 3 heterocycles. The van der Waals surface area contributed by atoms with Crippen molar-refractivity contribution in [3.8, 4) is 0 Å². The van der Waals surface area contributed by atoms with Crippen molar-refractivity contribution < 1.29 is 14.4 Å². The number of quaternary nitrogens is 1. The van der Waals surface area contributed by atoms with Crippen LogP contribution in [0.25, 0.3) is 0 Å². The van der Waals surface area contributed by atoms with Crippen LogP contribution in [0.5, 0.6) is 0 Å². The summed E-state index contributed by atoms with van der Waals surface area (Å²) in [4.78, 5) is 13.7. The predicted octanol–water partition coefficient (Wildman–Crippen LogP) is 5.86. The second kappa shape index (κ2) is 10.8. The average molecular weight is 547 g/mol. The minimum atomic E-state index is -2.54. The number of benzene rings is 2. The molecule has 2 aromatic carbocycles. The van der Waals surface area contributed by atoms with Crippen molar-refractivity contribution in [1.29, 1.82) is 0 Å². The molecule has 4 aliphatic rings. The van der Waals surface area contributed by atoms with Gasteiger partial charge in [-0.15, -0.1) is 0 Å². The van der Waals surface area contributed by atoms with Gasteiger partial charge < -0.3 is 9.64 Å². The maximum atomic E-state index is 12.0. The molecule has 0 saturated carbocycles. The van der Waals surface area contributed by atoms with Gasteiger partial charge in [-0.2, -0.15) is 5.10 Å². The van der Waals surface area contributed by atoms with Crippen LogP contribution in [0.4, 0.5) is 11.4 Å². The molecule has 206 valence electrons. The number of ether oxygens (including phenoxy) is 1. The van der Waals surface area contributed by atoms with E-state index < -0.39 is 7.36 Å². The Hall–Kier alpha value is -2.57. The van der Waals surface area contributed by atoms with E-state index in [0.29, 0.717) is 18.8 Å². The number of allylic oxidation sites excluding steroid dienone is 2. The SMILES string of the molecule is CC(=O)c1ccc(N=P2(N3CCOCC3)C3=C([NH+]4CCCCC4)CC(C)(C)CC3=NN2c2ccccc2)cc1. The van der Waals surface area contributed by atoms with Crippen molar-refractivity contribution in [2.75, 3.05) is 44.2 Å². The van der Waals surface area contributed by atoms with Gasteiger partial charge in [0.15, 0.2) is 13.1 Å². The summed E-state index contributed by atoms with van der Waals surface area (Å²) < 4.78 is 16.5. The van der Waals surface area contributed by atoms with Crippen molar-refractivity contribution in [2.45, 2.75) is 52.9 Å². The van der Waals surface area contributed by atoms with Crippen molar-refractivity contribution in [3.05, 3.63) is 71.2 Å². The molecule has 6 rings (SSSR count). The van der Waals surface area contributed by atoms with Crippen molar-refractivity contribution in [1.82, 2.24) is 4.67 Å². The molecule has 3 aliphatic heterocycles. The van der Waals surface area contributed by atoms with E-state index in [1.807, 2.05) is 24.3 Å². The van der Waals surface area contributed by atoms with Gasteiger partial charge >= 0.3 is 0 Å². The molecule has 1 atom stereocenters. The van der Waals surface area contributed by atoms with Gasteiger partial charge in [-0.3, -0.25) is 4.79 Å². The topological polar surface area (TPSA) is 61.9 Å². The van der Waals surface area contributed by atoms with Crippen LogP contribution in [0.1, 0.15) is 63.2 Å². The molecule has 7 nitrogen and oxygen atoms in total. The number of hydrogen-bond donors (Lipinski definition) is 1. The van der Waals surface area contributed by atoms with Crippen LogP contribution in [-0.4, -0.2) is 55.6 Å². The number of carbonyl (C=O) groups excluding carboxylic acids is 1. The number of hydrogen-bond acceptors (Lipinski definition) is 4. The standard InChI is InChI=1S/C31H40N5O2P/c1-24(37)25-12-14-26(15-13-25)33-39(35-18-20-38-21-19-35)30-28(32-36(39)27-10-6-4-7-11-27)22-31(2,3)23-29(30)34-16-8-5-9-17-34/h4,6-7,10-15H,5,8-9,16-23H2,1-3H3/p+1. The second-order valence-corrected chi connectivity index (χ2v) is 14.7. The van der Waals surface area contributed by atoms with E-state index in [0.717, 1.165) is 37.3 Å². The van der Waals surface area contributed by atoms with E-state index in [1.165, 1.54) is 49.1 Å². The summed E-state index contributed by atoms with van der Waals surface area (Å²) in [7, 11) is -2.54. The minimum Gasteiger partial charge on any atom is -0.379 e. The largest absolute Gasteiger partial charge is 0.379 e. The Balaban J connectivity index is 1.65. The lowest BCUT2D eigenvalue weighted by Crippen LogP contribution is -3.11. The van der Waals surface area contributed by atoms with Crippen LogP contribution < -0.4 is 9.68 Å². The van der Waals surface area contributed by atoms with Crippen LogP contribution >= 0.6 is 7.36 Å². The maximum Gasteiger partial charge on any atom is 0.184 e. The second-order valence-electron chi connectivity index (χ2n) is 12.0. The molecule has 2 fully saturated rings. The summed E-state index contributed by atoms with van der Waals surface area (Å²) in [6, 6.07) is 18.5. The number of para-hydroxylation sites is 1. The molecule has 0 aromatic heterocycles. The summed E-state index contributed by atoms with van der Waals surface area (Å²) >= 11 is 0. The fraction of sp³-hybridized carbons (Fsp3) is 0.484. The maximum absolute atomic E-state index is 12.0. The Morgan fingerprint density at radius 3 is 2.33 bits per heavy atom. The fourth-order valence-electron chi connectivity index (χ4n) is 6.57. The number of nitrogens with one attached hydrogen (secondary N) is 1. The normalized spacial score (nSPS) is 25.8. The average Bonchev–Trinajstić information content (AvgIpc) is 3.28. The van der Waals surface area contributed by atoms with E-state index in [-0.39, 0.29) is 11.2 Å². The van der Waals surface area contributed by atoms with E-state index >= 15 is 0 Å². The summed E-state index contributed by atoms with van der Waals surface area (Å²) in [6.45, 7) is 11.8. The molecule has 0 bridgehead atoms. The lowest BCUT2D eigenvalue weighted by molar-refractivity contribution is -0.868. The van der Waals surface area contributed by atoms with E-state index in [4.69, 9.17) is 14.6 Å². The first-order valence-corrected chi connectivity index (χ1v) is 16.1. The number of nitrogens with zero attached hydrogens (tertiary/aromatic N) is 4. The number of ketones is 1. The van der Waals surface area contributed by atoms with Gasteiger partial charge in [-0.05, 0) is 74.4 Å². The molecule has 2 saturated heterocycles. The lowest BCUT2D eigenvalue weighted by Gasteiger charge is -2.44. The first kappa shape index (κ1) is 26.6. The summed E-state index contributed by atoms with van der Waals surface area (Å²) in [5.41, 5.74) is 5.61. The highest BCUT2D eigenvalue weighted by Crippen LogP contribution is 2.71. The van der Waals surface area contributed by atoms with Gasteiger partial charge in [0.25, 0.3) is 0 Å². The molecule has 2 aromatic rings. The van der Waals surface area contributed by atoms with Gasteiger partial charge in [0.2, 0.25) is 0 Å². The van der Waals surface area contributed by atoms with Crippen molar-refractivity contribution >= 4 is 30.2 Å². The van der Waals surface area contributed by atoms with Crippen molar-refractivity contribution in [3.63, 3.8) is 0 Å². The fourth-order valence-corrected chi connectivity index (χ4v) is 10.5. The molecule has 1 aliphatic carbocycles. The molecule has 39 heavy (non-hydrogen) atoms. The number of fused-ring (bicyclic) bond motifs is 1. The zero-order valence-electron chi connectivity index (χ0n) is 23.5. The zero-order chi connectivity index (χ0) is 27.0. The Kier molecular flexibility index (Phi) is 7.36. The highest BCUT2D eigenvalue weighted by molar-refractivity contribution is 7.71. The molecule has 8 heteroatoms. The quantitative estimate of drug-likeness (QED) is 0.377. The number of likely N-dealkylation sites (tertiary alicyclic amines) is 1. The molecule has 1 unspecified atom stereocenters. The third kappa shape index (κ3) is 5.06. The number of hydrazone groups is 1. The number of rotatable bonds is 5. The van der Waals surface area contributed by atoms with Gasteiger partial charge in [0.1, 0.15) is 11.0 Å². The highest BCUT2D eigenvalue weighted by atomic mass is 31.2. The van der Waals surface area contributed by atoms with E-state index in [1.54, 1.807) is 11.8 Å². The van der Waals surface area contributed by atoms with E-state index in [9.17, 15) is 4.79 Å². The van der Waals surface area contributed by atoms with Crippen LogP contribution in [0, 0.1) is 5.41 Å². The molecular weight excluding hydrogens is 505 g/mol. The van der Waals surface area contributed by atoms with Crippen LogP contribution in [0.2, 0.25) is 0 Å². The first-order valence-electron chi connectivity index (χ1n) is 14.5. The van der Waals surface area contributed by atoms with Crippen molar-refractivity contribution in [2.24, 2.45) is 15.3 Å². The summed E-state index contributed by atoms with van der Waals surface area (Å²) in [6.07, 6.45) is 5.89. The molecule has 0 radical (unpaired) electrons. The number of piperidine rings is 1. The number of morpholine rings is 1. The van der Waals surface area contributed by atoms with Gasteiger partial charge in [-0.1, -0.05) is 32.0 Å². The predicted molar refractivity (Wildman–Crippen MR) is 159 cm³/mol. The van der Waals surface area contributed by atoms with Crippen LogP contribution in [0.15, 0.2) is 75.5 Å². The number of anilines is 1. The molecular formula is C31H41N5O2P+. The van der Waals surface area contributed by atoms with Crippen LogP contribution in [-0.2, 0) is 4.74 Å².